The molecule has 0 fully saturated rings. The summed E-state index contributed by atoms with van der Waals surface area (Å²) in [6, 6.07) is 0. The molecule has 0 bridgehead atoms. The zero-order valence-electron chi connectivity index (χ0n) is 12.9. The lowest BCUT2D eigenvalue weighted by Crippen LogP contribution is -2.50. The van der Waals surface area contributed by atoms with Crippen LogP contribution in [-0.2, 0) is 9.53 Å². The van der Waals surface area contributed by atoms with Gasteiger partial charge < -0.3 is 4.74 Å². The van der Waals surface area contributed by atoms with Crippen LogP contribution in [0, 0.1) is 0 Å². The van der Waals surface area contributed by atoms with Gasteiger partial charge in [-0.2, -0.15) is 0 Å². The second-order valence-corrected chi connectivity index (χ2v) is 4.84. The number of carbonyl (C=O) groups excluding carboxylic acids is 1. The van der Waals surface area contributed by atoms with Crippen molar-refractivity contribution in [2.75, 3.05) is 19.7 Å². The number of rotatable bonds is 10. The molecular formula is C15H31NO2. The molecule has 0 aromatic carbocycles. The molecule has 3 heteroatoms. The van der Waals surface area contributed by atoms with Gasteiger partial charge in [0.05, 0.1) is 13.0 Å². The minimum Gasteiger partial charge on any atom is -0.466 e. The summed E-state index contributed by atoms with van der Waals surface area (Å²) in [5.74, 6) is -0.0534. The highest BCUT2D eigenvalue weighted by Gasteiger charge is 2.35. The first-order chi connectivity index (χ1) is 8.60. The summed E-state index contributed by atoms with van der Waals surface area (Å²) in [5, 5.41) is 0. The molecule has 0 saturated carbocycles. The van der Waals surface area contributed by atoms with Gasteiger partial charge in [-0.25, -0.2) is 0 Å². The molecule has 0 spiro atoms. The van der Waals surface area contributed by atoms with Crippen molar-refractivity contribution in [3.8, 4) is 0 Å². The summed E-state index contributed by atoms with van der Waals surface area (Å²) in [7, 11) is 0. The first-order valence-electron chi connectivity index (χ1n) is 7.50. The maximum Gasteiger partial charge on any atom is 0.307 e. The Morgan fingerprint density at radius 2 is 1.72 bits per heavy atom. The Balaban J connectivity index is 4.89. The molecule has 108 valence electrons. The molecule has 0 amide bonds. The minimum atomic E-state index is -0.0534. The smallest absolute Gasteiger partial charge is 0.307 e. The number of hydrogen-bond donors (Lipinski definition) is 0. The highest BCUT2D eigenvalue weighted by atomic mass is 16.5. The standard InChI is InChI=1S/C15H31NO2/c1-6-11-12-15(7-2,16(8-3)9-4)13-14(17)18-10-5/h6-13H2,1-5H3. The number of ether oxygens (including phenoxy) is 1. The van der Waals surface area contributed by atoms with Gasteiger partial charge in [0.25, 0.3) is 0 Å². The van der Waals surface area contributed by atoms with E-state index in [-0.39, 0.29) is 11.5 Å². The van der Waals surface area contributed by atoms with Crippen LogP contribution in [0.2, 0.25) is 0 Å². The second kappa shape index (κ2) is 9.37. The Bertz CT molecular complexity index is 227. The molecule has 0 rings (SSSR count). The van der Waals surface area contributed by atoms with E-state index in [1.807, 2.05) is 6.92 Å². The molecule has 0 N–H and O–H groups in total. The zero-order valence-corrected chi connectivity index (χ0v) is 12.9. The summed E-state index contributed by atoms with van der Waals surface area (Å²) in [4.78, 5) is 14.3. The molecule has 1 atom stereocenters. The number of hydrogen-bond acceptors (Lipinski definition) is 3. The molecule has 18 heavy (non-hydrogen) atoms. The topological polar surface area (TPSA) is 29.5 Å². The van der Waals surface area contributed by atoms with Gasteiger partial charge in [-0.1, -0.05) is 40.5 Å². The van der Waals surface area contributed by atoms with Gasteiger partial charge in [0.15, 0.2) is 0 Å². The maximum atomic E-state index is 11.9. The van der Waals surface area contributed by atoms with E-state index in [0.717, 1.165) is 25.9 Å². The summed E-state index contributed by atoms with van der Waals surface area (Å²) >= 11 is 0. The molecule has 0 aliphatic heterocycles. The second-order valence-electron chi connectivity index (χ2n) is 4.84. The first kappa shape index (κ1) is 17.4. The summed E-state index contributed by atoms with van der Waals surface area (Å²) in [5.41, 5.74) is -0.00817. The molecule has 0 aliphatic rings. The van der Waals surface area contributed by atoms with Gasteiger partial charge in [-0.05, 0) is 32.9 Å². The van der Waals surface area contributed by atoms with E-state index in [1.54, 1.807) is 0 Å². The summed E-state index contributed by atoms with van der Waals surface area (Å²) in [6.07, 6.45) is 4.96. The van der Waals surface area contributed by atoms with E-state index in [1.165, 1.54) is 12.8 Å². The van der Waals surface area contributed by atoms with Crippen LogP contribution < -0.4 is 0 Å². The third-order valence-electron chi connectivity index (χ3n) is 3.87. The van der Waals surface area contributed by atoms with Crippen LogP contribution in [0.15, 0.2) is 0 Å². The van der Waals surface area contributed by atoms with Crippen molar-refractivity contribution in [1.29, 1.82) is 0 Å². The van der Waals surface area contributed by atoms with Crippen molar-refractivity contribution >= 4 is 5.97 Å². The van der Waals surface area contributed by atoms with E-state index >= 15 is 0 Å². The number of carbonyl (C=O) groups is 1. The van der Waals surface area contributed by atoms with Crippen molar-refractivity contribution < 1.29 is 9.53 Å². The predicted octanol–water partition coefficient (Wildman–Crippen LogP) is 3.62. The van der Waals surface area contributed by atoms with Gasteiger partial charge in [-0.15, -0.1) is 0 Å². The lowest BCUT2D eigenvalue weighted by atomic mass is 9.84. The molecule has 0 aromatic heterocycles. The Hall–Kier alpha value is -0.570. The molecule has 1 unspecified atom stereocenters. The number of esters is 1. The summed E-state index contributed by atoms with van der Waals surface area (Å²) < 4.78 is 5.15. The molecule has 0 saturated heterocycles. The lowest BCUT2D eigenvalue weighted by Gasteiger charge is -2.42. The van der Waals surface area contributed by atoms with E-state index in [4.69, 9.17) is 4.74 Å². The van der Waals surface area contributed by atoms with Crippen LogP contribution >= 0.6 is 0 Å². The van der Waals surface area contributed by atoms with E-state index in [2.05, 4.69) is 32.6 Å². The average Bonchev–Trinajstić information content (AvgIpc) is 2.37. The van der Waals surface area contributed by atoms with Gasteiger partial charge in [-0.3, -0.25) is 9.69 Å². The normalized spacial score (nSPS) is 14.6. The van der Waals surface area contributed by atoms with Crippen LogP contribution in [-0.4, -0.2) is 36.1 Å². The van der Waals surface area contributed by atoms with Crippen molar-refractivity contribution in [2.24, 2.45) is 0 Å². The van der Waals surface area contributed by atoms with Crippen LogP contribution in [0.1, 0.15) is 66.7 Å². The quantitative estimate of drug-likeness (QED) is 0.560. The Morgan fingerprint density at radius 3 is 2.11 bits per heavy atom. The highest BCUT2D eigenvalue weighted by molar-refractivity contribution is 5.70. The van der Waals surface area contributed by atoms with Crippen LogP contribution in [0.5, 0.6) is 0 Å². The SMILES string of the molecule is CCCCC(CC)(CC(=O)OCC)N(CC)CC. The van der Waals surface area contributed by atoms with Gasteiger partial charge in [0, 0.05) is 5.54 Å². The van der Waals surface area contributed by atoms with Crippen LogP contribution in [0.25, 0.3) is 0 Å². The zero-order chi connectivity index (χ0) is 14.0. The molecule has 0 aromatic rings. The third-order valence-corrected chi connectivity index (χ3v) is 3.87. The fourth-order valence-corrected chi connectivity index (χ4v) is 2.76. The monoisotopic (exact) mass is 257 g/mol. The summed E-state index contributed by atoms with van der Waals surface area (Å²) in [6.45, 7) is 13.1. The average molecular weight is 257 g/mol. The number of nitrogens with zero attached hydrogens (tertiary/aromatic N) is 1. The molecule has 0 aliphatic carbocycles. The van der Waals surface area contributed by atoms with Crippen molar-refractivity contribution in [3.63, 3.8) is 0 Å². The lowest BCUT2D eigenvalue weighted by molar-refractivity contribution is -0.147. The van der Waals surface area contributed by atoms with Crippen LogP contribution in [0.4, 0.5) is 0 Å². The van der Waals surface area contributed by atoms with E-state index in [0.29, 0.717) is 13.0 Å². The van der Waals surface area contributed by atoms with E-state index < -0.39 is 0 Å². The first-order valence-corrected chi connectivity index (χ1v) is 7.50. The maximum absolute atomic E-state index is 11.9. The van der Waals surface area contributed by atoms with Crippen molar-refractivity contribution in [2.45, 2.75) is 72.3 Å². The van der Waals surface area contributed by atoms with E-state index in [9.17, 15) is 4.79 Å². The fourth-order valence-electron chi connectivity index (χ4n) is 2.76. The molecule has 0 heterocycles. The third kappa shape index (κ3) is 4.97. The predicted molar refractivity (Wildman–Crippen MR) is 76.7 cm³/mol. The Labute approximate surface area is 113 Å². The minimum absolute atomic E-state index is 0.00817. The van der Waals surface area contributed by atoms with Crippen molar-refractivity contribution in [1.82, 2.24) is 4.90 Å². The Morgan fingerprint density at radius 1 is 1.11 bits per heavy atom. The fraction of sp³-hybridized carbons (Fsp3) is 0.933. The molecule has 0 radical (unpaired) electrons. The van der Waals surface area contributed by atoms with Gasteiger partial charge in [0.1, 0.15) is 0 Å². The van der Waals surface area contributed by atoms with Gasteiger partial charge in [0.2, 0.25) is 0 Å². The van der Waals surface area contributed by atoms with Crippen molar-refractivity contribution in [3.05, 3.63) is 0 Å². The highest BCUT2D eigenvalue weighted by Crippen LogP contribution is 2.30. The largest absolute Gasteiger partial charge is 0.466 e. The molecular weight excluding hydrogens is 226 g/mol. The Kier molecular flexibility index (Phi) is 9.08. The van der Waals surface area contributed by atoms with Crippen LogP contribution in [0.3, 0.4) is 0 Å². The molecule has 3 nitrogen and oxygen atoms in total. The number of unbranched alkanes of at least 4 members (excludes halogenated alkanes) is 1. The van der Waals surface area contributed by atoms with Gasteiger partial charge >= 0.3 is 5.97 Å².